The zero-order valence-electron chi connectivity index (χ0n) is 16.8. The number of nitrogens with zero attached hydrogens (tertiary/aromatic N) is 1. The van der Waals surface area contributed by atoms with Gasteiger partial charge < -0.3 is 20.0 Å². The van der Waals surface area contributed by atoms with E-state index in [1.54, 1.807) is 0 Å². The molecule has 158 valence electrons. The number of fused-ring (bicyclic) bond motifs is 1. The number of para-hydroxylation sites is 1. The Hall–Kier alpha value is -3.06. The Morgan fingerprint density at radius 1 is 1.20 bits per heavy atom. The number of aromatic hydroxyl groups is 1. The molecule has 2 aliphatic heterocycles. The zero-order valence-corrected chi connectivity index (χ0v) is 16.8. The van der Waals surface area contributed by atoms with E-state index in [0.717, 1.165) is 42.8 Å². The van der Waals surface area contributed by atoms with Gasteiger partial charge in [-0.05, 0) is 43.6 Å². The molecule has 2 aromatic rings. The monoisotopic (exact) mass is 410 g/mol. The van der Waals surface area contributed by atoms with Crippen molar-refractivity contribution in [3.8, 4) is 11.5 Å². The molecule has 1 aromatic carbocycles. The summed E-state index contributed by atoms with van der Waals surface area (Å²) in [4.78, 5) is 26.5. The van der Waals surface area contributed by atoms with E-state index in [9.17, 15) is 14.7 Å². The molecule has 0 bridgehead atoms. The number of amides is 1. The van der Waals surface area contributed by atoms with Crippen LogP contribution in [0.1, 0.15) is 48.7 Å². The predicted octanol–water partition coefficient (Wildman–Crippen LogP) is 2.77. The molecular weight excluding hydrogens is 384 g/mol. The van der Waals surface area contributed by atoms with Gasteiger partial charge in [0.05, 0.1) is 12.5 Å². The van der Waals surface area contributed by atoms with Crippen LogP contribution >= 0.6 is 0 Å². The van der Waals surface area contributed by atoms with E-state index < -0.39 is 23.0 Å². The Bertz CT molecular complexity index is 1020. The maximum atomic E-state index is 12.5. The molecule has 1 amide bonds. The molecule has 1 saturated heterocycles. The van der Waals surface area contributed by atoms with E-state index in [0.29, 0.717) is 12.3 Å². The lowest BCUT2D eigenvalue weighted by atomic mass is 9.89. The largest absolute Gasteiger partial charge is 0.502 e. The first kappa shape index (κ1) is 20.2. The Morgan fingerprint density at radius 3 is 2.73 bits per heavy atom. The number of hydrogen-bond acceptors (Lipinski definition) is 6. The molecule has 0 spiro atoms. The minimum atomic E-state index is -0.676. The number of primary amides is 1. The summed E-state index contributed by atoms with van der Waals surface area (Å²) in [6.45, 7) is 2.60. The van der Waals surface area contributed by atoms with Gasteiger partial charge in [0.1, 0.15) is 18.1 Å². The number of nitrogens with two attached hydrogens (primary N) is 1. The highest BCUT2D eigenvalue weighted by Gasteiger charge is 2.29. The second-order valence-corrected chi connectivity index (χ2v) is 7.90. The average molecular weight is 410 g/mol. The molecule has 4 rings (SSSR count). The Morgan fingerprint density at radius 2 is 1.97 bits per heavy atom. The molecule has 30 heavy (non-hydrogen) atoms. The van der Waals surface area contributed by atoms with Gasteiger partial charge in [-0.1, -0.05) is 24.6 Å². The molecule has 7 nitrogen and oxygen atoms in total. The van der Waals surface area contributed by atoms with Crippen molar-refractivity contribution < 1.29 is 19.1 Å². The lowest BCUT2D eigenvalue weighted by molar-refractivity contribution is -0.118. The molecule has 1 aromatic heterocycles. The quantitative estimate of drug-likeness (QED) is 0.759. The van der Waals surface area contributed by atoms with Crippen LogP contribution in [0.5, 0.6) is 11.5 Å². The van der Waals surface area contributed by atoms with Crippen LogP contribution in [0.2, 0.25) is 0 Å². The van der Waals surface area contributed by atoms with E-state index in [2.05, 4.69) is 4.90 Å². The Labute approximate surface area is 174 Å². The third-order valence-corrected chi connectivity index (χ3v) is 5.65. The van der Waals surface area contributed by atoms with E-state index in [-0.39, 0.29) is 18.8 Å². The summed E-state index contributed by atoms with van der Waals surface area (Å²) in [7, 11) is 0. The number of likely N-dealkylation sites (tertiary alicyclic amines) is 1. The van der Waals surface area contributed by atoms with Gasteiger partial charge in [0.15, 0.2) is 5.76 Å². The summed E-state index contributed by atoms with van der Waals surface area (Å²) in [5.41, 5.74) is 6.56. The highest BCUT2D eigenvalue weighted by Crippen LogP contribution is 2.37. The molecule has 1 fully saturated rings. The van der Waals surface area contributed by atoms with Gasteiger partial charge in [-0.25, -0.2) is 0 Å². The normalized spacial score (nSPS) is 17.5. The van der Waals surface area contributed by atoms with E-state index >= 15 is 0 Å². The van der Waals surface area contributed by atoms with Gasteiger partial charge >= 0.3 is 0 Å². The molecule has 7 heteroatoms. The molecular formula is C23H26N2O5. The Kier molecular flexibility index (Phi) is 5.90. The fourth-order valence-electron chi connectivity index (χ4n) is 4.14. The highest BCUT2D eigenvalue weighted by molar-refractivity contribution is 5.76. The van der Waals surface area contributed by atoms with Crippen LogP contribution in [0.25, 0.3) is 6.08 Å². The maximum Gasteiger partial charge on any atom is 0.227 e. The van der Waals surface area contributed by atoms with Gasteiger partial charge in [-0.15, -0.1) is 0 Å². The fourth-order valence-corrected chi connectivity index (χ4v) is 4.14. The van der Waals surface area contributed by atoms with Crippen LogP contribution in [0, 0.1) is 0 Å². The van der Waals surface area contributed by atoms with Crippen LogP contribution < -0.4 is 15.9 Å². The van der Waals surface area contributed by atoms with Gasteiger partial charge in [-0.3, -0.25) is 14.5 Å². The van der Waals surface area contributed by atoms with Crippen molar-refractivity contribution in [1.29, 1.82) is 0 Å². The molecule has 1 atom stereocenters. The minimum Gasteiger partial charge on any atom is -0.502 e. The number of hydrogen-bond donors (Lipinski definition) is 2. The minimum absolute atomic E-state index is 0.0718. The number of piperidine rings is 1. The topological polar surface area (TPSA) is 106 Å². The number of ether oxygens (including phenoxy) is 1. The average Bonchev–Trinajstić information content (AvgIpc) is 2.75. The third kappa shape index (κ3) is 4.41. The van der Waals surface area contributed by atoms with Gasteiger partial charge in [-0.2, -0.15) is 0 Å². The van der Waals surface area contributed by atoms with Gasteiger partial charge in [0.25, 0.3) is 0 Å². The molecule has 0 aliphatic carbocycles. The number of carbonyl (C=O) groups is 1. The van der Waals surface area contributed by atoms with Gasteiger partial charge in [0.2, 0.25) is 17.1 Å². The molecule has 0 saturated carbocycles. The SMILES string of the molecule is NC(=O)C[C@@H](C1=Cc2ccccc2OC1)c1oc(CN2CCCCC2)cc(=O)c1O. The maximum absolute atomic E-state index is 12.5. The summed E-state index contributed by atoms with van der Waals surface area (Å²) < 4.78 is 11.8. The van der Waals surface area contributed by atoms with Crippen LogP contribution in [0.3, 0.4) is 0 Å². The first-order valence-corrected chi connectivity index (χ1v) is 10.3. The van der Waals surface area contributed by atoms with Crippen LogP contribution in [-0.4, -0.2) is 35.6 Å². The van der Waals surface area contributed by atoms with Crippen molar-refractivity contribution in [2.24, 2.45) is 5.73 Å². The lowest BCUT2D eigenvalue weighted by Gasteiger charge is -2.27. The number of rotatable bonds is 6. The highest BCUT2D eigenvalue weighted by atomic mass is 16.5. The first-order chi connectivity index (χ1) is 14.5. The zero-order chi connectivity index (χ0) is 21.1. The van der Waals surface area contributed by atoms with Crippen molar-refractivity contribution in [2.75, 3.05) is 19.7 Å². The van der Waals surface area contributed by atoms with Crippen LogP contribution in [-0.2, 0) is 11.3 Å². The number of benzene rings is 1. The molecule has 3 heterocycles. The van der Waals surface area contributed by atoms with Crippen molar-refractivity contribution >= 4 is 12.0 Å². The summed E-state index contributed by atoms with van der Waals surface area (Å²) >= 11 is 0. The van der Waals surface area contributed by atoms with Crippen LogP contribution in [0.4, 0.5) is 0 Å². The van der Waals surface area contributed by atoms with Crippen molar-refractivity contribution in [2.45, 2.75) is 38.1 Å². The third-order valence-electron chi connectivity index (χ3n) is 5.65. The van der Waals surface area contributed by atoms with Gasteiger partial charge in [0, 0.05) is 18.1 Å². The van der Waals surface area contributed by atoms with E-state index in [1.807, 2.05) is 30.3 Å². The number of carbonyl (C=O) groups excluding carboxylic acids is 1. The molecule has 3 N–H and O–H groups in total. The smallest absolute Gasteiger partial charge is 0.227 e. The van der Waals surface area contributed by atoms with Crippen molar-refractivity contribution in [3.05, 3.63) is 63.2 Å². The van der Waals surface area contributed by atoms with Crippen molar-refractivity contribution in [3.63, 3.8) is 0 Å². The Balaban J connectivity index is 1.71. The summed E-state index contributed by atoms with van der Waals surface area (Å²) in [5, 5.41) is 10.5. The summed E-state index contributed by atoms with van der Waals surface area (Å²) in [5.74, 6) is -0.426. The standard InChI is InChI=1S/C23H26N2O5/c24-21(27)12-18(16-10-15-6-2-3-7-20(15)29-14-16)23-22(28)19(26)11-17(30-23)13-25-8-4-1-5-9-25/h2-3,6-7,10-11,18,28H,1,4-5,8-9,12-14H2,(H2,24,27)/t18-/m0/s1. The second kappa shape index (κ2) is 8.75. The lowest BCUT2D eigenvalue weighted by Crippen LogP contribution is -2.29. The van der Waals surface area contributed by atoms with E-state index in [1.165, 1.54) is 12.5 Å². The van der Waals surface area contributed by atoms with Crippen molar-refractivity contribution in [1.82, 2.24) is 4.90 Å². The van der Waals surface area contributed by atoms with Crippen LogP contribution in [0.15, 0.2) is 45.1 Å². The molecule has 0 radical (unpaired) electrons. The predicted molar refractivity (Wildman–Crippen MR) is 112 cm³/mol. The van der Waals surface area contributed by atoms with E-state index in [4.69, 9.17) is 14.9 Å². The summed E-state index contributed by atoms with van der Waals surface area (Å²) in [6.07, 6.45) is 5.24. The molecule has 0 unspecified atom stereocenters. The second-order valence-electron chi connectivity index (χ2n) is 7.90. The summed E-state index contributed by atoms with van der Waals surface area (Å²) in [6, 6.07) is 8.87. The fraction of sp³-hybridized carbons (Fsp3) is 0.391. The molecule has 2 aliphatic rings. The first-order valence-electron chi connectivity index (χ1n) is 10.3.